The Kier molecular flexibility index (Phi) is 7.47. The fraction of sp³-hybridized carbons (Fsp3) is 0.739. The zero-order valence-corrected chi connectivity index (χ0v) is 21.6. The third kappa shape index (κ3) is 6.38. The molecule has 2 fully saturated rings. The maximum absolute atomic E-state index is 12.9. The van der Waals surface area contributed by atoms with Crippen molar-refractivity contribution in [1.29, 1.82) is 0 Å². The van der Waals surface area contributed by atoms with Gasteiger partial charge in [0.25, 0.3) is 0 Å². The number of hydrogen-bond acceptors (Lipinski definition) is 8. The third-order valence-electron chi connectivity index (χ3n) is 6.37. The van der Waals surface area contributed by atoms with Gasteiger partial charge in [-0.3, -0.25) is 4.79 Å². The van der Waals surface area contributed by atoms with Gasteiger partial charge in [-0.05, 0) is 68.2 Å². The monoisotopic (exact) mass is 475 g/mol. The Hall–Kier alpha value is -2.40. The molecule has 2 amide bonds. The van der Waals surface area contributed by atoms with Crippen molar-refractivity contribution in [3.05, 3.63) is 12.4 Å². The molecule has 2 N–H and O–H groups in total. The van der Waals surface area contributed by atoms with Crippen molar-refractivity contribution in [3.8, 4) is 0 Å². The minimum absolute atomic E-state index is 0.00845. The van der Waals surface area contributed by atoms with Gasteiger partial charge in [0.1, 0.15) is 11.6 Å². The smallest absolute Gasteiger partial charge is 0.444 e. The van der Waals surface area contributed by atoms with Crippen LogP contribution in [0.15, 0.2) is 12.4 Å². The van der Waals surface area contributed by atoms with E-state index >= 15 is 0 Å². The summed E-state index contributed by atoms with van der Waals surface area (Å²) in [5.74, 6) is 0.342. The van der Waals surface area contributed by atoms with Crippen LogP contribution in [0.25, 0.3) is 0 Å². The van der Waals surface area contributed by atoms with E-state index < -0.39 is 36.1 Å². The zero-order chi connectivity index (χ0) is 25.3. The first kappa shape index (κ1) is 26.2. The minimum Gasteiger partial charge on any atom is -0.444 e. The van der Waals surface area contributed by atoms with Crippen LogP contribution in [0.3, 0.4) is 0 Å². The number of carbonyl (C=O) groups is 2. The number of nitrogens with zero attached hydrogens (tertiary/aromatic N) is 3. The fourth-order valence-electron chi connectivity index (χ4n) is 3.81. The number of ether oxygens (including phenoxy) is 1. The largest absolute Gasteiger partial charge is 0.498 e. The topological polar surface area (TPSA) is 115 Å². The average molecular weight is 475 g/mol. The number of aromatic nitrogens is 2. The van der Waals surface area contributed by atoms with E-state index in [0.29, 0.717) is 19.0 Å². The predicted molar refractivity (Wildman–Crippen MR) is 130 cm³/mol. The molecule has 10 nitrogen and oxygen atoms in total. The molecule has 0 unspecified atom stereocenters. The summed E-state index contributed by atoms with van der Waals surface area (Å²) in [7, 11) is -0.513. The molecule has 11 heteroatoms. The molecule has 0 aliphatic carbocycles. The molecule has 2 atom stereocenters. The summed E-state index contributed by atoms with van der Waals surface area (Å²) in [5, 5.41) is 5.94. The molecule has 0 bridgehead atoms. The maximum Gasteiger partial charge on any atom is 0.498 e. The summed E-state index contributed by atoms with van der Waals surface area (Å²) < 4.78 is 17.3. The lowest BCUT2D eigenvalue weighted by atomic mass is 9.81. The molecule has 1 aromatic heterocycles. The molecule has 2 aliphatic rings. The highest BCUT2D eigenvalue weighted by Crippen LogP contribution is 2.36. The summed E-state index contributed by atoms with van der Waals surface area (Å²) in [6.07, 6.45) is 4.54. The molecule has 3 heterocycles. The lowest BCUT2D eigenvalue weighted by molar-refractivity contribution is -0.134. The van der Waals surface area contributed by atoms with E-state index in [4.69, 9.17) is 14.0 Å². The Morgan fingerprint density at radius 1 is 1.18 bits per heavy atom. The maximum atomic E-state index is 12.9. The highest BCUT2D eigenvalue weighted by Gasteiger charge is 2.52. The van der Waals surface area contributed by atoms with Crippen LogP contribution in [0, 0.1) is 0 Å². The fourth-order valence-corrected chi connectivity index (χ4v) is 3.81. The van der Waals surface area contributed by atoms with E-state index in [1.807, 2.05) is 27.7 Å². The van der Waals surface area contributed by atoms with Gasteiger partial charge in [0, 0.05) is 37.0 Å². The van der Waals surface area contributed by atoms with Gasteiger partial charge in [0.05, 0.1) is 11.2 Å². The van der Waals surface area contributed by atoms with E-state index in [2.05, 4.69) is 20.6 Å². The lowest BCUT2D eigenvalue weighted by Gasteiger charge is -2.34. The van der Waals surface area contributed by atoms with Crippen molar-refractivity contribution in [1.82, 2.24) is 20.2 Å². The number of hydrogen-bond donors (Lipinski definition) is 2. The van der Waals surface area contributed by atoms with Crippen molar-refractivity contribution in [2.45, 2.75) is 97.1 Å². The summed E-state index contributed by atoms with van der Waals surface area (Å²) in [6.45, 7) is 16.2. The Bertz CT molecular complexity index is 871. The minimum atomic E-state index is -0.677. The summed E-state index contributed by atoms with van der Waals surface area (Å²) in [4.78, 5) is 35.5. The normalized spacial score (nSPS) is 22.8. The van der Waals surface area contributed by atoms with Crippen molar-refractivity contribution in [2.24, 2.45) is 0 Å². The number of likely N-dealkylation sites (tertiary alicyclic amines) is 1. The van der Waals surface area contributed by atoms with E-state index in [-0.39, 0.29) is 11.9 Å². The molecule has 188 valence electrons. The summed E-state index contributed by atoms with van der Waals surface area (Å²) in [6, 6.07) is -0.668. The number of alkyl carbamates (subject to hydrolysis) is 1. The number of amides is 2. The standard InChI is InChI=1S/C23H38BN5O5/c1-15(27-20(31)32-21(2,3)4)18(30)29-11-9-10-17(14-29)28-19-25-12-16(13-26-19)24-33-22(5,6)23(7,8)34-24/h12-13,15,17H,9-11,14H2,1-8H3,(H,27,31)(H,25,26,28)/t15-,17+/m1/s1. The van der Waals surface area contributed by atoms with E-state index in [1.165, 1.54) is 0 Å². The number of anilines is 1. The van der Waals surface area contributed by atoms with Crippen LogP contribution in [-0.4, -0.2) is 76.0 Å². The Labute approximate surface area is 202 Å². The molecule has 34 heavy (non-hydrogen) atoms. The molecule has 0 radical (unpaired) electrons. The average Bonchev–Trinajstić information content (AvgIpc) is 2.93. The summed E-state index contributed by atoms with van der Waals surface area (Å²) >= 11 is 0. The van der Waals surface area contributed by atoms with Gasteiger partial charge in [-0.2, -0.15) is 0 Å². The van der Waals surface area contributed by atoms with Crippen molar-refractivity contribution in [3.63, 3.8) is 0 Å². The lowest BCUT2D eigenvalue weighted by Crippen LogP contribution is -2.52. The number of carbonyl (C=O) groups excluding carboxylic acids is 2. The first-order valence-corrected chi connectivity index (χ1v) is 11.9. The first-order chi connectivity index (χ1) is 15.7. The van der Waals surface area contributed by atoms with Crippen molar-refractivity contribution >= 4 is 30.5 Å². The first-order valence-electron chi connectivity index (χ1n) is 11.9. The SMILES string of the molecule is C[C@@H](NC(=O)OC(C)(C)C)C(=O)N1CCC[C@H](Nc2ncc(B3OC(C)(C)C(C)(C)O3)cn2)C1. The highest BCUT2D eigenvalue weighted by atomic mass is 16.7. The molecule has 2 aliphatic heterocycles. The highest BCUT2D eigenvalue weighted by molar-refractivity contribution is 6.61. The molecular formula is C23H38BN5O5. The van der Waals surface area contributed by atoms with Crippen LogP contribution in [0.4, 0.5) is 10.7 Å². The molecular weight excluding hydrogens is 437 g/mol. The second-order valence-corrected chi connectivity index (χ2v) is 11.1. The Morgan fingerprint density at radius 2 is 1.76 bits per heavy atom. The van der Waals surface area contributed by atoms with E-state index in [0.717, 1.165) is 18.3 Å². The molecule has 3 rings (SSSR count). The van der Waals surface area contributed by atoms with Crippen LogP contribution in [0.2, 0.25) is 0 Å². The van der Waals surface area contributed by atoms with Gasteiger partial charge in [-0.1, -0.05) is 0 Å². The molecule has 1 aromatic rings. The third-order valence-corrected chi connectivity index (χ3v) is 6.37. The van der Waals surface area contributed by atoms with Crippen LogP contribution in [-0.2, 0) is 18.8 Å². The molecule has 0 saturated carbocycles. The number of nitrogens with one attached hydrogen (secondary N) is 2. The predicted octanol–water partition coefficient (Wildman–Crippen LogP) is 2.09. The van der Waals surface area contributed by atoms with E-state index in [1.54, 1.807) is 45.0 Å². The second kappa shape index (κ2) is 9.69. The van der Waals surface area contributed by atoms with Crippen LogP contribution >= 0.6 is 0 Å². The van der Waals surface area contributed by atoms with Gasteiger partial charge in [-0.15, -0.1) is 0 Å². The van der Waals surface area contributed by atoms with Crippen LogP contribution in [0.1, 0.15) is 68.2 Å². The van der Waals surface area contributed by atoms with E-state index in [9.17, 15) is 9.59 Å². The quantitative estimate of drug-likeness (QED) is 0.623. The molecule has 0 spiro atoms. The Balaban J connectivity index is 1.54. The van der Waals surface area contributed by atoms with Crippen LogP contribution in [0.5, 0.6) is 0 Å². The Morgan fingerprint density at radius 3 is 2.32 bits per heavy atom. The molecule has 0 aromatic carbocycles. The van der Waals surface area contributed by atoms with Gasteiger partial charge in [-0.25, -0.2) is 14.8 Å². The zero-order valence-electron chi connectivity index (χ0n) is 21.6. The van der Waals surface area contributed by atoms with Crippen LogP contribution < -0.4 is 16.1 Å². The van der Waals surface area contributed by atoms with Gasteiger partial charge < -0.3 is 29.6 Å². The van der Waals surface area contributed by atoms with Gasteiger partial charge in [0.2, 0.25) is 11.9 Å². The second-order valence-electron chi connectivity index (χ2n) is 11.1. The van der Waals surface area contributed by atoms with Crippen molar-refractivity contribution < 1.29 is 23.6 Å². The number of piperidine rings is 1. The van der Waals surface area contributed by atoms with Gasteiger partial charge in [0.15, 0.2) is 0 Å². The molecule has 2 saturated heterocycles. The van der Waals surface area contributed by atoms with Gasteiger partial charge >= 0.3 is 13.2 Å². The summed E-state index contributed by atoms with van der Waals surface area (Å²) in [5.41, 5.74) is -0.721. The van der Waals surface area contributed by atoms with Crippen molar-refractivity contribution in [2.75, 3.05) is 18.4 Å². The number of rotatable bonds is 5.